The van der Waals surface area contributed by atoms with Gasteiger partial charge < -0.3 is 9.84 Å². The SMILES string of the molecule is CCc1nc(NC(=O)N2CCC(C)(C)C2O)ccc1Oc1ccnc(-c2cnn(C)c2)c1. The fraction of sp³-hybridized carbons (Fsp3) is 0.391. The summed E-state index contributed by atoms with van der Waals surface area (Å²) in [5.41, 5.74) is 2.05. The average Bonchev–Trinajstić information content (AvgIpc) is 3.32. The average molecular weight is 437 g/mol. The van der Waals surface area contributed by atoms with E-state index in [-0.39, 0.29) is 11.4 Å². The van der Waals surface area contributed by atoms with Crippen molar-refractivity contribution in [1.82, 2.24) is 24.6 Å². The van der Waals surface area contributed by atoms with Gasteiger partial charge in [0.1, 0.15) is 23.5 Å². The van der Waals surface area contributed by atoms with Gasteiger partial charge in [-0.3, -0.25) is 19.9 Å². The number of aromatic nitrogens is 4. The first-order chi connectivity index (χ1) is 15.3. The lowest BCUT2D eigenvalue weighted by atomic mass is 9.91. The molecule has 1 fully saturated rings. The van der Waals surface area contributed by atoms with Crippen molar-refractivity contribution < 1.29 is 14.6 Å². The van der Waals surface area contributed by atoms with Crippen LogP contribution in [0.4, 0.5) is 10.6 Å². The standard InChI is InChI=1S/C23H28N6O3/c1-5-17-19(32-16-8-10-24-18(12-16)15-13-25-28(4)14-15)6-7-20(26-17)27-22(31)29-11-9-23(2,3)21(29)30/h6-8,10,12-14,21,30H,5,9,11H2,1-4H3,(H,26,27,31). The van der Waals surface area contributed by atoms with Crippen molar-refractivity contribution in [3.8, 4) is 22.8 Å². The number of anilines is 1. The zero-order valence-corrected chi connectivity index (χ0v) is 18.7. The number of hydrogen-bond donors (Lipinski definition) is 2. The smallest absolute Gasteiger partial charge is 0.325 e. The molecule has 0 spiro atoms. The van der Waals surface area contributed by atoms with Gasteiger partial charge in [0.15, 0.2) is 0 Å². The number of ether oxygens (including phenoxy) is 1. The highest BCUT2D eigenvalue weighted by Crippen LogP contribution is 2.35. The Morgan fingerprint density at radius 2 is 2.16 bits per heavy atom. The van der Waals surface area contributed by atoms with E-state index >= 15 is 0 Å². The number of hydrogen-bond acceptors (Lipinski definition) is 6. The molecule has 0 aromatic carbocycles. The largest absolute Gasteiger partial charge is 0.455 e. The molecule has 9 heteroatoms. The van der Waals surface area contributed by atoms with E-state index in [0.29, 0.717) is 36.0 Å². The fourth-order valence-corrected chi connectivity index (χ4v) is 3.69. The van der Waals surface area contributed by atoms with Gasteiger partial charge in [-0.15, -0.1) is 0 Å². The second kappa shape index (κ2) is 8.58. The summed E-state index contributed by atoms with van der Waals surface area (Å²) in [6.07, 6.45) is 5.88. The number of amides is 2. The van der Waals surface area contributed by atoms with Gasteiger partial charge in [0.05, 0.1) is 17.6 Å². The van der Waals surface area contributed by atoms with Crippen molar-refractivity contribution in [2.24, 2.45) is 12.5 Å². The van der Waals surface area contributed by atoms with Crippen LogP contribution in [0.15, 0.2) is 42.9 Å². The zero-order chi connectivity index (χ0) is 22.9. The first-order valence-corrected chi connectivity index (χ1v) is 10.7. The number of pyridine rings is 2. The van der Waals surface area contributed by atoms with Crippen LogP contribution in [-0.4, -0.2) is 48.6 Å². The van der Waals surface area contributed by atoms with E-state index in [4.69, 9.17) is 4.74 Å². The molecule has 0 radical (unpaired) electrons. The molecule has 1 saturated heterocycles. The predicted molar refractivity (Wildman–Crippen MR) is 120 cm³/mol. The molecule has 4 rings (SSSR count). The molecule has 2 N–H and O–H groups in total. The minimum Gasteiger partial charge on any atom is -0.455 e. The normalized spacial score (nSPS) is 17.4. The molecular weight excluding hydrogens is 408 g/mol. The van der Waals surface area contributed by atoms with Crippen molar-refractivity contribution in [3.63, 3.8) is 0 Å². The molecule has 2 amide bonds. The molecule has 1 atom stereocenters. The van der Waals surface area contributed by atoms with Crippen molar-refractivity contribution in [2.75, 3.05) is 11.9 Å². The van der Waals surface area contributed by atoms with Crippen molar-refractivity contribution in [2.45, 2.75) is 39.8 Å². The summed E-state index contributed by atoms with van der Waals surface area (Å²) in [5, 5.41) is 17.4. The molecule has 3 aromatic heterocycles. The highest BCUT2D eigenvalue weighted by Gasteiger charge is 2.41. The Kier molecular flexibility index (Phi) is 5.84. The highest BCUT2D eigenvalue weighted by atomic mass is 16.5. The third-order valence-electron chi connectivity index (χ3n) is 5.71. The van der Waals surface area contributed by atoms with Crippen LogP contribution in [0, 0.1) is 5.41 Å². The number of carbonyl (C=O) groups excluding carboxylic acids is 1. The topological polar surface area (TPSA) is 105 Å². The maximum Gasteiger partial charge on any atom is 0.325 e. The Bertz CT molecular complexity index is 1130. The third kappa shape index (κ3) is 4.43. The molecule has 0 bridgehead atoms. The first kappa shape index (κ1) is 21.8. The third-order valence-corrected chi connectivity index (χ3v) is 5.71. The number of carbonyl (C=O) groups is 1. The van der Waals surface area contributed by atoms with Gasteiger partial charge in [-0.25, -0.2) is 9.78 Å². The monoisotopic (exact) mass is 436 g/mol. The summed E-state index contributed by atoms with van der Waals surface area (Å²) >= 11 is 0. The number of likely N-dealkylation sites (tertiary alicyclic amines) is 1. The maximum absolute atomic E-state index is 12.6. The van der Waals surface area contributed by atoms with Crippen LogP contribution in [0.1, 0.15) is 32.9 Å². The van der Waals surface area contributed by atoms with E-state index in [0.717, 1.165) is 17.7 Å². The summed E-state index contributed by atoms with van der Waals surface area (Å²) in [7, 11) is 1.86. The predicted octanol–water partition coefficient (Wildman–Crippen LogP) is 3.81. The summed E-state index contributed by atoms with van der Waals surface area (Å²) in [6, 6.07) is 6.76. The second-order valence-electron chi connectivity index (χ2n) is 8.61. The van der Waals surface area contributed by atoms with Crippen LogP contribution in [0.3, 0.4) is 0 Å². The number of urea groups is 1. The number of aryl methyl sites for hydroxylation is 2. The lowest BCUT2D eigenvalue weighted by Gasteiger charge is -2.27. The van der Waals surface area contributed by atoms with Crippen molar-refractivity contribution in [3.05, 3.63) is 48.5 Å². The molecule has 4 heterocycles. The van der Waals surface area contributed by atoms with Crippen LogP contribution in [0.5, 0.6) is 11.5 Å². The molecule has 168 valence electrons. The highest BCUT2D eigenvalue weighted by molar-refractivity contribution is 5.88. The van der Waals surface area contributed by atoms with Crippen LogP contribution in [0.2, 0.25) is 0 Å². The summed E-state index contributed by atoms with van der Waals surface area (Å²) in [5.74, 6) is 1.66. The minimum absolute atomic E-state index is 0.323. The lowest BCUT2D eigenvalue weighted by Crippen LogP contribution is -2.42. The fourth-order valence-electron chi connectivity index (χ4n) is 3.69. The maximum atomic E-state index is 12.6. The Morgan fingerprint density at radius 3 is 2.81 bits per heavy atom. The molecule has 1 aliphatic rings. The van der Waals surface area contributed by atoms with E-state index in [1.54, 1.807) is 35.3 Å². The van der Waals surface area contributed by atoms with Crippen molar-refractivity contribution >= 4 is 11.8 Å². The van der Waals surface area contributed by atoms with Crippen LogP contribution in [-0.2, 0) is 13.5 Å². The van der Waals surface area contributed by atoms with Gasteiger partial charge in [0, 0.05) is 43.0 Å². The number of rotatable bonds is 5. The van der Waals surface area contributed by atoms with Crippen LogP contribution in [0.25, 0.3) is 11.3 Å². The Morgan fingerprint density at radius 1 is 1.34 bits per heavy atom. The second-order valence-corrected chi connectivity index (χ2v) is 8.61. The Balaban J connectivity index is 1.49. The molecule has 0 saturated carbocycles. The summed E-state index contributed by atoms with van der Waals surface area (Å²) in [6.45, 7) is 6.37. The van der Waals surface area contributed by atoms with E-state index in [1.807, 2.05) is 40.1 Å². The first-order valence-electron chi connectivity index (χ1n) is 10.7. The van der Waals surface area contributed by atoms with Crippen LogP contribution >= 0.6 is 0 Å². The quantitative estimate of drug-likeness (QED) is 0.630. The van der Waals surface area contributed by atoms with Gasteiger partial charge in [-0.1, -0.05) is 20.8 Å². The number of aliphatic hydroxyl groups is 1. The number of nitrogens with zero attached hydrogens (tertiary/aromatic N) is 5. The molecule has 32 heavy (non-hydrogen) atoms. The van der Waals surface area contributed by atoms with Gasteiger partial charge >= 0.3 is 6.03 Å². The van der Waals surface area contributed by atoms with Gasteiger partial charge in [-0.05, 0) is 31.0 Å². The van der Waals surface area contributed by atoms with Gasteiger partial charge in [-0.2, -0.15) is 5.10 Å². The molecule has 0 aliphatic carbocycles. The van der Waals surface area contributed by atoms with E-state index < -0.39 is 6.23 Å². The lowest BCUT2D eigenvalue weighted by molar-refractivity contribution is -0.00117. The summed E-state index contributed by atoms with van der Waals surface area (Å²) < 4.78 is 7.80. The molecular formula is C23H28N6O3. The Hall–Kier alpha value is -3.46. The Labute approximate surface area is 187 Å². The van der Waals surface area contributed by atoms with Gasteiger partial charge in [0.2, 0.25) is 0 Å². The molecule has 9 nitrogen and oxygen atoms in total. The number of aliphatic hydroxyl groups excluding tert-OH is 1. The molecule has 1 unspecified atom stereocenters. The summed E-state index contributed by atoms with van der Waals surface area (Å²) in [4.78, 5) is 23.0. The van der Waals surface area contributed by atoms with E-state index in [9.17, 15) is 9.90 Å². The zero-order valence-electron chi connectivity index (χ0n) is 18.7. The minimum atomic E-state index is -0.823. The van der Waals surface area contributed by atoms with Crippen LogP contribution < -0.4 is 10.1 Å². The van der Waals surface area contributed by atoms with Crippen molar-refractivity contribution in [1.29, 1.82) is 0 Å². The van der Waals surface area contributed by atoms with E-state index in [2.05, 4.69) is 20.4 Å². The molecule has 3 aromatic rings. The molecule has 1 aliphatic heterocycles. The van der Waals surface area contributed by atoms with Gasteiger partial charge in [0.25, 0.3) is 0 Å². The van der Waals surface area contributed by atoms with E-state index in [1.165, 1.54) is 4.90 Å². The number of nitrogens with one attached hydrogen (secondary N) is 1.